The van der Waals surface area contributed by atoms with Crippen molar-refractivity contribution in [3.63, 3.8) is 0 Å². The summed E-state index contributed by atoms with van der Waals surface area (Å²) in [5.41, 5.74) is 2.74. The van der Waals surface area contributed by atoms with E-state index in [4.69, 9.17) is 0 Å². The fourth-order valence-corrected chi connectivity index (χ4v) is 4.46. The summed E-state index contributed by atoms with van der Waals surface area (Å²) in [7, 11) is -0.664. The number of fused-ring (bicyclic) bond motifs is 3. The molecule has 4 atom stereocenters. The van der Waals surface area contributed by atoms with Crippen LogP contribution in [0.2, 0.25) is 0 Å². The summed E-state index contributed by atoms with van der Waals surface area (Å²) in [6.07, 6.45) is 0.979. The third-order valence-corrected chi connectivity index (χ3v) is 5.34. The Morgan fingerprint density at radius 2 is 2.20 bits per heavy atom. The molecule has 0 radical (unpaired) electrons. The van der Waals surface area contributed by atoms with Crippen molar-refractivity contribution in [1.82, 2.24) is 5.32 Å². The van der Waals surface area contributed by atoms with E-state index in [2.05, 4.69) is 36.5 Å². The average molecular weight is 221 g/mol. The first-order valence-electron chi connectivity index (χ1n) is 5.47. The van der Waals surface area contributed by atoms with Gasteiger partial charge in [0.15, 0.2) is 0 Å². The van der Waals surface area contributed by atoms with Gasteiger partial charge in [0, 0.05) is 28.6 Å². The molecule has 3 heteroatoms. The summed E-state index contributed by atoms with van der Waals surface area (Å²) >= 11 is 0. The van der Waals surface area contributed by atoms with Gasteiger partial charge in [-0.05, 0) is 24.5 Å². The van der Waals surface area contributed by atoms with Gasteiger partial charge in [-0.25, -0.2) is 0 Å². The summed E-state index contributed by atoms with van der Waals surface area (Å²) in [6.45, 7) is 2.12. The van der Waals surface area contributed by atoms with Gasteiger partial charge < -0.3 is 5.32 Å². The van der Waals surface area contributed by atoms with Crippen LogP contribution in [0.1, 0.15) is 24.1 Å². The largest absolute Gasteiger partial charge is 0.305 e. The Kier molecular flexibility index (Phi) is 2.18. The van der Waals surface area contributed by atoms with E-state index in [0.29, 0.717) is 17.3 Å². The molecule has 0 spiro atoms. The standard InChI is InChI=1S/C12H15NOS/c1-8-7-15(14)11-6-9-4-2-3-5-10(9)12(11)13-8/h2-5,8,11-13H,6-7H2,1H3. The van der Waals surface area contributed by atoms with Crippen LogP contribution in [0.15, 0.2) is 24.3 Å². The lowest BCUT2D eigenvalue weighted by molar-refractivity contribution is 0.455. The van der Waals surface area contributed by atoms with Crippen molar-refractivity contribution >= 4 is 10.8 Å². The summed E-state index contributed by atoms with van der Waals surface area (Å²) in [4.78, 5) is 0. The fourth-order valence-electron chi connectivity index (χ4n) is 2.72. The highest BCUT2D eigenvalue weighted by molar-refractivity contribution is 7.85. The van der Waals surface area contributed by atoms with Crippen LogP contribution < -0.4 is 5.32 Å². The van der Waals surface area contributed by atoms with Crippen LogP contribution in [-0.4, -0.2) is 21.3 Å². The van der Waals surface area contributed by atoms with Crippen LogP contribution in [0, 0.1) is 0 Å². The maximum atomic E-state index is 12.0. The van der Waals surface area contributed by atoms with Crippen LogP contribution in [0.5, 0.6) is 0 Å². The Balaban J connectivity index is 2.02. The van der Waals surface area contributed by atoms with Crippen LogP contribution in [0.25, 0.3) is 0 Å². The first-order valence-corrected chi connectivity index (χ1v) is 6.85. The molecule has 15 heavy (non-hydrogen) atoms. The molecule has 1 saturated heterocycles. The minimum atomic E-state index is -0.664. The summed E-state index contributed by atoms with van der Waals surface area (Å²) in [6, 6.07) is 9.18. The van der Waals surface area contributed by atoms with E-state index in [1.807, 2.05) is 0 Å². The SMILES string of the molecule is CC1CS(=O)C2Cc3ccccc3C2N1. The fraction of sp³-hybridized carbons (Fsp3) is 0.500. The van der Waals surface area contributed by atoms with E-state index in [1.165, 1.54) is 11.1 Å². The summed E-state index contributed by atoms with van der Waals surface area (Å²) < 4.78 is 12.0. The molecule has 1 N–H and O–H groups in total. The molecule has 80 valence electrons. The van der Waals surface area contributed by atoms with Gasteiger partial charge in [0.25, 0.3) is 0 Å². The Morgan fingerprint density at radius 1 is 1.40 bits per heavy atom. The topological polar surface area (TPSA) is 29.1 Å². The first kappa shape index (κ1) is 9.55. The molecule has 1 aliphatic carbocycles. The molecule has 0 saturated carbocycles. The first-order chi connectivity index (χ1) is 7.25. The van der Waals surface area contributed by atoms with Crippen molar-refractivity contribution in [2.24, 2.45) is 0 Å². The predicted molar refractivity (Wildman–Crippen MR) is 62.3 cm³/mol. The van der Waals surface area contributed by atoms with Crippen molar-refractivity contribution in [3.8, 4) is 0 Å². The molecule has 0 aromatic heterocycles. The van der Waals surface area contributed by atoms with E-state index in [0.717, 1.165) is 12.2 Å². The van der Waals surface area contributed by atoms with Gasteiger partial charge in [0.1, 0.15) is 0 Å². The zero-order chi connectivity index (χ0) is 10.4. The molecule has 2 nitrogen and oxygen atoms in total. The van der Waals surface area contributed by atoms with Crippen molar-refractivity contribution in [1.29, 1.82) is 0 Å². The molecule has 3 rings (SSSR count). The number of nitrogens with one attached hydrogen (secondary N) is 1. The lowest BCUT2D eigenvalue weighted by Gasteiger charge is -2.31. The molecular formula is C12H15NOS. The lowest BCUT2D eigenvalue weighted by Crippen LogP contribution is -2.47. The monoisotopic (exact) mass is 221 g/mol. The van der Waals surface area contributed by atoms with Crippen LogP contribution in [0.3, 0.4) is 0 Å². The normalized spacial score (nSPS) is 38.5. The quantitative estimate of drug-likeness (QED) is 0.717. The molecule has 1 aliphatic heterocycles. The second-order valence-corrected chi connectivity index (χ2v) is 6.23. The number of benzene rings is 1. The highest BCUT2D eigenvalue weighted by Crippen LogP contribution is 2.36. The Labute approximate surface area is 92.5 Å². The lowest BCUT2D eigenvalue weighted by atomic mass is 10.1. The van der Waals surface area contributed by atoms with E-state index in [9.17, 15) is 4.21 Å². The zero-order valence-corrected chi connectivity index (χ0v) is 9.59. The molecule has 4 unspecified atom stereocenters. The van der Waals surface area contributed by atoms with E-state index < -0.39 is 10.8 Å². The summed E-state index contributed by atoms with van der Waals surface area (Å²) in [5, 5.41) is 3.88. The molecule has 1 aromatic carbocycles. The Morgan fingerprint density at radius 3 is 3.07 bits per heavy atom. The van der Waals surface area contributed by atoms with Gasteiger partial charge >= 0.3 is 0 Å². The predicted octanol–water partition coefficient (Wildman–Crippen LogP) is 1.39. The third-order valence-electron chi connectivity index (χ3n) is 3.40. The Hall–Kier alpha value is -0.670. The smallest absolute Gasteiger partial charge is 0.0584 e. The van der Waals surface area contributed by atoms with Gasteiger partial charge in [0.05, 0.1) is 5.25 Å². The maximum Gasteiger partial charge on any atom is 0.0584 e. The van der Waals surface area contributed by atoms with E-state index in [1.54, 1.807) is 0 Å². The van der Waals surface area contributed by atoms with E-state index >= 15 is 0 Å². The van der Waals surface area contributed by atoms with Crippen LogP contribution >= 0.6 is 0 Å². The highest BCUT2D eigenvalue weighted by atomic mass is 32.2. The average Bonchev–Trinajstić information content (AvgIpc) is 2.57. The number of hydrogen-bond donors (Lipinski definition) is 1. The van der Waals surface area contributed by atoms with Crippen molar-refractivity contribution in [2.75, 3.05) is 5.75 Å². The molecule has 0 amide bonds. The van der Waals surface area contributed by atoms with Gasteiger partial charge in [-0.3, -0.25) is 4.21 Å². The maximum absolute atomic E-state index is 12.0. The minimum absolute atomic E-state index is 0.304. The van der Waals surface area contributed by atoms with Gasteiger partial charge in [-0.15, -0.1) is 0 Å². The zero-order valence-electron chi connectivity index (χ0n) is 8.77. The summed E-state index contributed by atoms with van der Waals surface area (Å²) in [5.74, 6) is 0.801. The highest BCUT2D eigenvalue weighted by Gasteiger charge is 2.40. The van der Waals surface area contributed by atoms with Crippen molar-refractivity contribution < 1.29 is 4.21 Å². The van der Waals surface area contributed by atoms with Gasteiger partial charge in [-0.2, -0.15) is 0 Å². The molecule has 1 aromatic rings. The number of rotatable bonds is 0. The molecule has 2 aliphatic rings. The molecule has 0 bridgehead atoms. The van der Waals surface area contributed by atoms with Crippen LogP contribution in [-0.2, 0) is 17.2 Å². The molecular weight excluding hydrogens is 206 g/mol. The minimum Gasteiger partial charge on any atom is -0.305 e. The van der Waals surface area contributed by atoms with E-state index in [-0.39, 0.29) is 0 Å². The molecule has 1 fully saturated rings. The number of hydrogen-bond acceptors (Lipinski definition) is 2. The Bertz CT molecular complexity index is 418. The van der Waals surface area contributed by atoms with Crippen molar-refractivity contribution in [3.05, 3.63) is 35.4 Å². The van der Waals surface area contributed by atoms with Crippen LogP contribution in [0.4, 0.5) is 0 Å². The molecule has 1 heterocycles. The van der Waals surface area contributed by atoms with Gasteiger partial charge in [0.2, 0.25) is 0 Å². The second-order valence-electron chi connectivity index (χ2n) is 4.53. The van der Waals surface area contributed by atoms with Gasteiger partial charge in [-0.1, -0.05) is 24.3 Å². The third kappa shape index (κ3) is 1.45. The van der Waals surface area contributed by atoms with Crippen molar-refractivity contribution in [2.45, 2.75) is 30.7 Å². The second kappa shape index (κ2) is 3.42.